The van der Waals surface area contributed by atoms with Gasteiger partial charge in [0.05, 0.1) is 18.8 Å². The molecular formula is C27H33N5O3. The average Bonchev–Trinajstić information content (AvgIpc) is 2.91. The molecular weight excluding hydrogens is 442 g/mol. The van der Waals surface area contributed by atoms with Gasteiger partial charge in [-0.1, -0.05) is 43.3 Å². The van der Waals surface area contributed by atoms with Crippen molar-refractivity contribution in [2.24, 2.45) is 5.92 Å². The van der Waals surface area contributed by atoms with Gasteiger partial charge < -0.3 is 25.2 Å². The van der Waals surface area contributed by atoms with Crippen LogP contribution in [-0.4, -0.2) is 58.8 Å². The second-order valence-corrected chi connectivity index (χ2v) is 9.33. The summed E-state index contributed by atoms with van der Waals surface area (Å²) in [6.45, 7) is 6.64. The van der Waals surface area contributed by atoms with Gasteiger partial charge in [0.1, 0.15) is 0 Å². The van der Waals surface area contributed by atoms with Crippen molar-refractivity contribution >= 4 is 11.6 Å². The number of hydrogen-bond donors (Lipinski definition) is 2. The number of hydrogen-bond acceptors (Lipinski definition) is 8. The lowest BCUT2D eigenvalue weighted by Gasteiger charge is -2.44. The van der Waals surface area contributed by atoms with E-state index >= 15 is 0 Å². The molecule has 8 nitrogen and oxygen atoms in total. The van der Waals surface area contributed by atoms with Gasteiger partial charge in [0.15, 0.2) is 6.29 Å². The molecule has 2 fully saturated rings. The minimum Gasteiger partial charge on any atom is -0.399 e. The predicted molar refractivity (Wildman–Crippen MR) is 135 cm³/mol. The van der Waals surface area contributed by atoms with Crippen LogP contribution in [0.1, 0.15) is 36.0 Å². The van der Waals surface area contributed by atoms with Crippen LogP contribution in [0.4, 0.5) is 11.6 Å². The molecule has 4 atom stereocenters. The maximum atomic E-state index is 9.44. The molecule has 0 radical (unpaired) electrons. The fraction of sp³-hybridized carbons (Fsp3) is 0.407. The van der Waals surface area contributed by atoms with Gasteiger partial charge in [-0.2, -0.15) is 0 Å². The molecule has 3 heterocycles. The molecule has 2 aromatic carbocycles. The monoisotopic (exact) mass is 475 g/mol. The van der Waals surface area contributed by atoms with Crippen molar-refractivity contribution in [1.29, 1.82) is 0 Å². The van der Waals surface area contributed by atoms with Crippen LogP contribution in [-0.2, 0) is 16.1 Å². The van der Waals surface area contributed by atoms with E-state index in [4.69, 9.17) is 15.2 Å². The SMILES string of the molecule is C[C@@H]1[C@H](CN2CCN(c3ncccn3)CC2)O[C@H](c2cccc(N)c2)O[C@@H]1c1ccc(CO)cc1. The zero-order valence-corrected chi connectivity index (χ0v) is 20.0. The Morgan fingerprint density at radius 1 is 0.943 bits per heavy atom. The van der Waals surface area contributed by atoms with Crippen molar-refractivity contribution in [2.75, 3.05) is 43.4 Å². The van der Waals surface area contributed by atoms with Crippen molar-refractivity contribution < 1.29 is 14.6 Å². The highest BCUT2D eigenvalue weighted by atomic mass is 16.7. The van der Waals surface area contributed by atoms with Gasteiger partial charge in [-0.3, -0.25) is 4.90 Å². The summed E-state index contributed by atoms with van der Waals surface area (Å²) < 4.78 is 13.1. The zero-order chi connectivity index (χ0) is 24.2. The van der Waals surface area contributed by atoms with Crippen molar-refractivity contribution in [3.8, 4) is 0 Å². The molecule has 0 aliphatic carbocycles. The number of nitrogens with zero attached hydrogens (tertiary/aromatic N) is 4. The van der Waals surface area contributed by atoms with E-state index < -0.39 is 6.29 Å². The summed E-state index contributed by atoms with van der Waals surface area (Å²) in [5.74, 6) is 0.929. The topological polar surface area (TPSA) is 97.0 Å². The third-order valence-corrected chi connectivity index (χ3v) is 6.95. The van der Waals surface area contributed by atoms with E-state index in [0.717, 1.165) is 55.4 Å². The number of rotatable bonds is 6. The highest BCUT2D eigenvalue weighted by Crippen LogP contribution is 2.42. The maximum Gasteiger partial charge on any atom is 0.225 e. The van der Waals surface area contributed by atoms with Crippen LogP contribution in [0.25, 0.3) is 0 Å². The zero-order valence-electron chi connectivity index (χ0n) is 20.0. The number of aromatic nitrogens is 2. The molecule has 2 aliphatic rings. The van der Waals surface area contributed by atoms with Crippen LogP contribution >= 0.6 is 0 Å². The Morgan fingerprint density at radius 3 is 2.37 bits per heavy atom. The van der Waals surface area contributed by atoms with Gasteiger partial charge in [0.25, 0.3) is 0 Å². The minimum absolute atomic E-state index is 0.0165. The summed E-state index contributed by atoms with van der Waals surface area (Å²) in [5, 5.41) is 9.44. The Labute approximate surface area is 206 Å². The van der Waals surface area contributed by atoms with Crippen LogP contribution < -0.4 is 10.6 Å². The number of nitrogens with two attached hydrogens (primary N) is 1. The van der Waals surface area contributed by atoms with Crippen molar-refractivity contribution in [3.63, 3.8) is 0 Å². The summed E-state index contributed by atoms with van der Waals surface area (Å²) in [6, 6.07) is 17.6. The Kier molecular flexibility index (Phi) is 7.24. The van der Waals surface area contributed by atoms with Gasteiger partial charge in [0, 0.05) is 62.3 Å². The van der Waals surface area contributed by atoms with Crippen LogP contribution in [0, 0.1) is 5.92 Å². The highest BCUT2D eigenvalue weighted by Gasteiger charge is 2.39. The van der Waals surface area contributed by atoms with Gasteiger partial charge >= 0.3 is 0 Å². The fourth-order valence-corrected chi connectivity index (χ4v) is 4.87. The molecule has 3 aromatic rings. The van der Waals surface area contributed by atoms with Gasteiger partial charge in [-0.15, -0.1) is 0 Å². The Balaban J connectivity index is 1.32. The van der Waals surface area contributed by atoms with E-state index in [0.29, 0.717) is 5.69 Å². The first kappa shape index (κ1) is 23.7. The van der Waals surface area contributed by atoms with Crippen molar-refractivity contribution in [3.05, 3.63) is 83.7 Å². The lowest BCUT2D eigenvalue weighted by atomic mass is 9.90. The first-order chi connectivity index (χ1) is 17.1. The van der Waals surface area contributed by atoms with Crippen LogP contribution in [0.15, 0.2) is 67.0 Å². The first-order valence-corrected chi connectivity index (χ1v) is 12.2. The van der Waals surface area contributed by atoms with Crippen LogP contribution in [0.5, 0.6) is 0 Å². The maximum absolute atomic E-state index is 9.44. The van der Waals surface area contributed by atoms with Crippen molar-refractivity contribution in [2.45, 2.75) is 32.0 Å². The van der Waals surface area contributed by atoms with E-state index in [1.54, 1.807) is 12.4 Å². The van der Waals surface area contributed by atoms with Crippen LogP contribution in [0.3, 0.4) is 0 Å². The quantitative estimate of drug-likeness (QED) is 0.525. The van der Waals surface area contributed by atoms with E-state index in [9.17, 15) is 5.11 Å². The number of nitrogen functional groups attached to an aromatic ring is 1. The molecule has 0 unspecified atom stereocenters. The molecule has 35 heavy (non-hydrogen) atoms. The summed E-state index contributed by atoms with van der Waals surface area (Å²) in [7, 11) is 0. The average molecular weight is 476 g/mol. The second kappa shape index (κ2) is 10.7. The summed E-state index contributed by atoms with van der Waals surface area (Å²) in [6.07, 6.45) is 2.93. The fourth-order valence-electron chi connectivity index (χ4n) is 4.87. The van der Waals surface area contributed by atoms with Gasteiger partial charge in [-0.25, -0.2) is 9.97 Å². The van der Waals surface area contributed by atoms with E-state index in [1.807, 2.05) is 54.6 Å². The van der Waals surface area contributed by atoms with Gasteiger partial charge in [-0.05, 0) is 29.3 Å². The highest BCUT2D eigenvalue weighted by molar-refractivity contribution is 5.41. The number of anilines is 2. The van der Waals surface area contributed by atoms with E-state index in [1.165, 1.54) is 0 Å². The minimum atomic E-state index is -0.499. The molecule has 8 heteroatoms. The Morgan fingerprint density at radius 2 is 1.69 bits per heavy atom. The molecule has 2 saturated heterocycles. The molecule has 184 valence electrons. The number of benzene rings is 2. The number of ether oxygens (including phenoxy) is 2. The molecule has 1 aromatic heterocycles. The standard InChI is InChI=1S/C27H33N5O3/c1-19-24(17-31-12-14-32(15-13-31)27-29-10-3-11-30-27)34-26(22-4-2-5-23(28)16-22)35-25(19)21-8-6-20(18-33)7-9-21/h2-11,16,19,24-26,33H,12-15,17-18,28H2,1H3/t19-,24+,25+,26+/m1/s1. The Bertz CT molecular complexity index is 1090. The lowest BCUT2D eigenvalue weighted by Crippen LogP contribution is -2.51. The number of piperazine rings is 1. The first-order valence-electron chi connectivity index (χ1n) is 12.2. The molecule has 3 N–H and O–H groups in total. The molecule has 2 aliphatic heterocycles. The molecule has 0 bridgehead atoms. The molecule has 0 saturated carbocycles. The largest absolute Gasteiger partial charge is 0.399 e. The smallest absolute Gasteiger partial charge is 0.225 e. The molecule has 0 spiro atoms. The summed E-state index contributed by atoms with van der Waals surface area (Å²) in [4.78, 5) is 13.5. The van der Waals surface area contributed by atoms with Gasteiger partial charge in [0.2, 0.25) is 5.95 Å². The van der Waals surface area contributed by atoms with E-state index in [2.05, 4.69) is 26.7 Å². The summed E-state index contributed by atoms with van der Waals surface area (Å²) >= 11 is 0. The normalized spacial score (nSPS) is 25.5. The van der Waals surface area contributed by atoms with Crippen molar-refractivity contribution in [1.82, 2.24) is 14.9 Å². The third kappa shape index (κ3) is 5.46. The van der Waals surface area contributed by atoms with E-state index in [-0.39, 0.29) is 24.7 Å². The van der Waals surface area contributed by atoms with Crippen LogP contribution in [0.2, 0.25) is 0 Å². The third-order valence-electron chi connectivity index (χ3n) is 6.95. The molecule has 0 amide bonds. The Hall–Kier alpha value is -3.04. The second-order valence-electron chi connectivity index (χ2n) is 9.33. The number of aliphatic hydroxyl groups excluding tert-OH is 1. The predicted octanol–water partition coefficient (Wildman–Crippen LogP) is 3.16. The lowest BCUT2D eigenvalue weighted by molar-refractivity contribution is -0.276. The summed E-state index contributed by atoms with van der Waals surface area (Å²) in [5.41, 5.74) is 9.64. The molecule has 5 rings (SSSR count). The number of aliphatic hydroxyl groups is 1.